The molecule has 0 N–H and O–H groups in total. The van der Waals surface area contributed by atoms with Gasteiger partial charge in [-0.3, -0.25) is 14.2 Å². The Morgan fingerprint density at radius 2 is 1.83 bits per heavy atom. The summed E-state index contributed by atoms with van der Waals surface area (Å²) in [5.41, 5.74) is 3.15. The van der Waals surface area contributed by atoms with E-state index in [4.69, 9.17) is 4.74 Å². The third-order valence-electron chi connectivity index (χ3n) is 3.77. The van der Waals surface area contributed by atoms with E-state index in [2.05, 4.69) is 4.98 Å². The molecule has 0 saturated carbocycles. The number of esters is 1. The minimum absolute atomic E-state index is 0.130. The fourth-order valence-electron chi connectivity index (χ4n) is 2.58. The number of carbonyl (C=O) groups is 1. The lowest BCUT2D eigenvalue weighted by Crippen LogP contribution is -2.28. The van der Waals surface area contributed by atoms with Crippen molar-refractivity contribution in [2.24, 2.45) is 0 Å². The van der Waals surface area contributed by atoms with Crippen LogP contribution in [0.15, 0.2) is 53.3 Å². The molecule has 0 saturated heterocycles. The van der Waals surface area contributed by atoms with Crippen molar-refractivity contribution in [3.63, 3.8) is 0 Å². The van der Waals surface area contributed by atoms with E-state index >= 15 is 0 Å². The normalized spacial score (nSPS) is 10.8. The lowest BCUT2D eigenvalue weighted by molar-refractivity contribution is -0.143. The van der Waals surface area contributed by atoms with Crippen molar-refractivity contribution < 1.29 is 9.53 Å². The molecule has 0 spiro atoms. The molecule has 0 aliphatic rings. The zero-order chi connectivity index (χ0) is 17.1. The molecular weight excluding hydrogens is 304 g/mol. The second-order valence-electron chi connectivity index (χ2n) is 5.51. The summed E-state index contributed by atoms with van der Waals surface area (Å²) < 4.78 is 6.42. The SMILES string of the molecule is CCOC(=O)Cn1c(=O)c(-c2ccc(C)cc2)nc2ccccc21. The van der Waals surface area contributed by atoms with Gasteiger partial charge in [0.1, 0.15) is 12.2 Å². The maximum absolute atomic E-state index is 12.9. The van der Waals surface area contributed by atoms with E-state index < -0.39 is 5.97 Å². The van der Waals surface area contributed by atoms with Crippen molar-refractivity contribution >= 4 is 17.0 Å². The highest BCUT2D eigenvalue weighted by atomic mass is 16.5. The topological polar surface area (TPSA) is 61.2 Å². The van der Waals surface area contributed by atoms with Gasteiger partial charge in [0.2, 0.25) is 0 Å². The quantitative estimate of drug-likeness (QED) is 0.693. The summed E-state index contributed by atoms with van der Waals surface area (Å²) in [5.74, 6) is -0.439. The number of benzene rings is 2. The van der Waals surface area contributed by atoms with E-state index in [9.17, 15) is 9.59 Å². The highest BCUT2D eigenvalue weighted by Gasteiger charge is 2.15. The minimum atomic E-state index is -0.439. The number of fused-ring (bicyclic) bond motifs is 1. The number of carbonyl (C=O) groups excluding carboxylic acids is 1. The smallest absolute Gasteiger partial charge is 0.326 e. The monoisotopic (exact) mass is 322 g/mol. The molecule has 0 fully saturated rings. The summed E-state index contributed by atoms with van der Waals surface area (Å²) >= 11 is 0. The van der Waals surface area contributed by atoms with Crippen molar-refractivity contribution in [3.8, 4) is 11.3 Å². The van der Waals surface area contributed by atoms with Crippen LogP contribution in [0.5, 0.6) is 0 Å². The van der Waals surface area contributed by atoms with Crippen LogP contribution in [0.3, 0.4) is 0 Å². The van der Waals surface area contributed by atoms with Crippen LogP contribution in [0.25, 0.3) is 22.3 Å². The van der Waals surface area contributed by atoms with Gasteiger partial charge in [0.15, 0.2) is 0 Å². The number of ether oxygens (including phenoxy) is 1. The van der Waals surface area contributed by atoms with E-state index in [0.717, 1.165) is 11.1 Å². The van der Waals surface area contributed by atoms with Crippen molar-refractivity contribution in [1.82, 2.24) is 9.55 Å². The van der Waals surface area contributed by atoms with Crippen molar-refractivity contribution in [1.29, 1.82) is 0 Å². The molecule has 0 aliphatic heterocycles. The first kappa shape index (κ1) is 15.9. The molecule has 0 amide bonds. The zero-order valence-corrected chi connectivity index (χ0v) is 13.7. The summed E-state index contributed by atoms with van der Waals surface area (Å²) in [6, 6.07) is 14.9. The summed E-state index contributed by atoms with van der Waals surface area (Å²) in [5, 5.41) is 0. The van der Waals surface area contributed by atoms with Crippen LogP contribution >= 0.6 is 0 Å². The Kier molecular flexibility index (Phi) is 4.42. The fourth-order valence-corrected chi connectivity index (χ4v) is 2.58. The van der Waals surface area contributed by atoms with Gasteiger partial charge in [-0.25, -0.2) is 4.98 Å². The Morgan fingerprint density at radius 3 is 2.54 bits per heavy atom. The van der Waals surface area contributed by atoms with Gasteiger partial charge in [-0.05, 0) is 26.0 Å². The number of para-hydroxylation sites is 2. The molecule has 5 heteroatoms. The molecule has 24 heavy (non-hydrogen) atoms. The Balaban J connectivity index is 2.21. The average molecular weight is 322 g/mol. The van der Waals surface area contributed by atoms with Crippen molar-refractivity contribution in [2.45, 2.75) is 20.4 Å². The molecule has 0 radical (unpaired) electrons. The first-order chi connectivity index (χ1) is 11.6. The molecule has 0 bridgehead atoms. The predicted octanol–water partition coefficient (Wildman–Crippen LogP) is 2.94. The third-order valence-corrected chi connectivity index (χ3v) is 3.77. The number of rotatable bonds is 4. The van der Waals surface area contributed by atoms with Gasteiger partial charge in [-0.15, -0.1) is 0 Å². The van der Waals surface area contributed by atoms with Crippen molar-refractivity contribution in [3.05, 3.63) is 64.4 Å². The van der Waals surface area contributed by atoms with Gasteiger partial charge < -0.3 is 4.74 Å². The second kappa shape index (κ2) is 6.66. The van der Waals surface area contributed by atoms with Crippen molar-refractivity contribution in [2.75, 3.05) is 6.61 Å². The highest BCUT2D eigenvalue weighted by Crippen LogP contribution is 2.18. The molecule has 3 aromatic rings. The van der Waals surface area contributed by atoms with Gasteiger partial charge >= 0.3 is 5.97 Å². The minimum Gasteiger partial charge on any atom is -0.465 e. The number of nitrogens with zero attached hydrogens (tertiary/aromatic N) is 2. The number of hydrogen-bond donors (Lipinski definition) is 0. The Morgan fingerprint density at radius 1 is 1.12 bits per heavy atom. The first-order valence-corrected chi connectivity index (χ1v) is 7.82. The van der Waals surface area contributed by atoms with Crippen LogP contribution in [0.1, 0.15) is 12.5 Å². The average Bonchev–Trinajstić information content (AvgIpc) is 2.58. The van der Waals surface area contributed by atoms with E-state index in [1.165, 1.54) is 4.57 Å². The molecule has 1 heterocycles. The maximum atomic E-state index is 12.9. The van der Waals surface area contributed by atoms with Gasteiger partial charge in [-0.2, -0.15) is 0 Å². The molecule has 3 rings (SSSR count). The first-order valence-electron chi connectivity index (χ1n) is 7.82. The van der Waals surface area contributed by atoms with Crippen LogP contribution in [0.4, 0.5) is 0 Å². The summed E-state index contributed by atoms with van der Waals surface area (Å²) in [6.45, 7) is 3.87. The zero-order valence-electron chi connectivity index (χ0n) is 13.7. The summed E-state index contributed by atoms with van der Waals surface area (Å²) in [4.78, 5) is 29.3. The maximum Gasteiger partial charge on any atom is 0.326 e. The summed E-state index contributed by atoms with van der Waals surface area (Å²) in [7, 11) is 0. The molecule has 0 aliphatic carbocycles. The molecule has 0 unspecified atom stereocenters. The molecule has 0 atom stereocenters. The Bertz CT molecular complexity index is 943. The van der Waals surface area contributed by atoms with Crippen LogP contribution in [-0.2, 0) is 16.1 Å². The lowest BCUT2D eigenvalue weighted by Gasteiger charge is -2.12. The Labute approximate surface area is 139 Å². The molecule has 122 valence electrons. The lowest BCUT2D eigenvalue weighted by atomic mass is 10.1. The van der Waals surface area contributed by atoms with E-state index in [-0.39, 0.29) is 18.7 Å². The van der Waals surface area contributed by atoms with E-state index in [1.54, 1.807) is 13.0 Å². The van der Waals surface area contributed by atoms with Crippen LogP contribution in [-0.4, -0.2) is 22.1 Å². The van der Waals surface area contributed by atoms with Gasteiger partial charge in [0.05, 0.1) is 17.6 Å². The van der Waals surface area contributed by atoms with Crippen LogP contribution in [0.2, 0.25) is 0 Å². The number of aryl methyl sites for hydroxylation is 1. The van der Waals surface area contributed by atoms with Gasteiger partial charge in [0, 0.05) is 5.56 Å². The standard InChI is InChI=1S/C19H18N2O3/c1-3-24-17(22)12-21-16-7-5-4-6-15(16)20-18(19(21)23)14-10-8-13(2)9-11-14/h4-11H,3,12H2,1-2H3. The fraction of sp³-hybridized carbons (Fsp3) is 0.211. The largest absolute Gasteiger partial charge is 0.465 e. The Hall–Kier alpha value is -2.95. The number of aromatic nitrogens is 2. The van der Waals surface area contributed by atoms with E-state index in [0.29, 0.717) is 16.7 Å². The predicted molar refractivity (Wildman–Crippen MR) is 92.8 cm³/mol. The second-order valence-corrected chi connectivity index (χ2v) is 5.51. The van der Waals surface area contributed by atoms with E-state index in [1.807, 2.05) is 49.4 Å². The molecule has 5 nitrogen and oxygen atoms in total. The third kappa shape index (κ3) is 3.06. The summed E-state index contributed by atoms with van der Waals surface area (Å²) in [6.07, 6.45) is 0. The van der Waals surface area contributed by atoms with Crippen LogP contribution in [0, 0.1) is 6.92 Å². The molecular formula is C19H18N2O3. The highest BCUT2D eigenvalue weighted by molar-refractivity contribution is 5.80. The van der Waals surface area contributed by atoms with Gasteiger partial charge in [-0.1, -0.05) is 42.0 Å². The molecule has 1 aromatic heterocycles. The van der Waals surface area contributed by atoms with Gasteiger partial charge in [0.25, 0.3) is 5.56 Å². The molecule has 2 aromatic carbocycles. The van der Waals surface area contributed by atoms with Crippen LogP contribution < -0.4 is 5.56 Å². The number of hydrogen-bond acceptors (Lipinski definition) is 4.